The van der Waals surface area contributed by atoms with Crippen molar-refractivity contribution >= 4 is 40.2 Å². The molecular weight excluding hydrogens is 338 g/mol. The Bertz CT molecular complexity index is 728. The molecule has 0 unspecified atom stereocenters. The summed E-state index contributed by atoms with van der Waals surface area (Å²) < 4.78 is 0. The Balaban J connectivity index is 1.75. The Morgan fingerprint density at radius 2 is 1.91 bits per heavy atom. The van der Waals surface area contributed by atoms with Crippen LogP contribution in [0.2, 0.25) is 5.02 Å². The first-order valence-corrected chi connectivity index (χ1v) is 8.34. The molecule has 0 atom stereocenters. The summed E-state index contributed by atoms with van der Waals surface area (Å²) in [5.41, 5.74) is 0.429. The van der Waals surface area contributed by atoms with Crippen LogP contribution in [-0.2, 0) is 0 Å². The third-order valence-electron chi connectivity index (χ3n) is 3.78. The Morgan fingerprint density at radius 3 is 2.52 bits per heavy atom. The minimum Gasteiger partial charge on any atom is -0.361 e. The molecule has 6 nitrogen and oxygen atoms in total. The standard InChI is InChI=1S/C15H14ClN3O3S/c16-11-3-1-4-12(19(21)22)14(11)17-6-8-18(9-7-17)15(20)13-5-2-10-23-13/h1-5,10H,6-9H2. The van der Waals surface area contributed by atoms with E-state index >= 15 is 0 Å². The van der Waals surface area contributed by atoms with Crippen molar-refractivity contribution in [1.29, 1.82) is 0 Å². The van der Waals surface area contributed by atoms with Crippen LogP contribution in [0.3, 0.4) is 0 Å². The number of thiophene rings is 1. The molecule has 0 spiro atoms. The summed E-state index contributed by atoms with van der Waals surface area (Å²) in [5, 5.41) is 13.4. The molecule has 1 aliphatic rings. The van der Waals surface area contributed by atoms with Crippen molar-refractivity contribution in [3.8, 4) is 0 Å². The van der Waals surface area contributed by atoms with Crippen LogP contribution in [0, 0.1) is 10.1 Å². The molecule has 8 heteroatoms. The van der Waals surface area contributed by atoms with Crippen molar-refractivity contribution in [3.63, 3.8) is 0 Å². The number of rotatable bonds is 3. The summed E-state index contributed by atoms with van der Waals surface area (Å²) >= 11 is 7.58. The average Bonchev–Trinajstić information content (AvgIpc) is 3.08. The highest BCUT2D eigenvalue weighted by Crippen LogP contribution is 2.35. The lowest BCUT2D eigenvalue weighted by Gasteiger charge is -2.35. The van der Waals surface area contributed by atoms with Gasteiger partial charge in [0.25, 0.3) is 11.6 Å². The molecule has 1 fully saturated rings. The number of benzene rings is 1. The number of piperazine rings is 1. The van der Waals surface area contributed by atoms with Crippen molar-refractivity contribution in [2.75, 3.05) is 31.1 Å². The van der Waals surface area contributed by atoms with E-state index in [0.717, 1.165) is 0 Å². The van der Waals surface area contributed by atoms with Crippen molar-refractivity contribution in [2.24, 2.45) is 0 Å². The average molecular weight is 352 g/mol. The fourth-order valence-corrected chi connectivity index (χ4v) is 3.63. The highest BCUT2D eigenvalue weighted by Gasteiger charge is 2.28. The van der Waals surface area contributed by atoms with Gasteiger partial charge in [-0.2, -0.15) is 0 Å². The molecular formula is C15H14ClN3O3S. The molecule has 3 rings (SSSR count). The summed E-state index contributed by atoms with van der Waals surface area (Å²) in [4.78, 5) is 27.5. The van der Waals surface area contributed by atoms with Gasteiger partial charge in [-0.05, 0) is 17.5 Å². The van der Waals surface area contributed by atoms with Gasteiger partial charge in [-0.3, -0.25) is 14.9 Å². The van der Waals surface area contributed by atoms with Crippen LogP contribution in [0.15, 0.2) is 35.7 Å². The van der Waals surface area contributed by atoms with Gasteiger partial charge < -0.3 is 9.80 Å². The van der Waals surface area contributed by atoms with Crippen LogP contribution in [-0.4, -0.2) is 41.9 Å². The number of hydrogen-bond donors (Lipinski definition) is 0. The number of halogens is 1. The topological polar surface area (TPSA) is 66.7 Å². The quantitative estimate of drug-likeness (QED) is 0.628. The minimum absolute atomic E-state index is 0.00414. The molecule has 0 N–H and O–H groups in total. The first-order chi connectivity index (χ1) is 11.1. The molecule has 0 radical (unpaired) electrons. The second-order valence-electron chi connectivity index (χ2n) is 5.12. The molecule has 2 aromatic rings. The van der Waals surface area contributed by atoms with E-state index in [2.05, 4.69) is 0 Å². The van der Waals surface area contributed by atoms with Gasteiger partial charge in [0, 0.05) is 32.2 Å². The monoisotopic (exact) mass is 351 g/mol. The van der Waals surface area contributed by atoms with Crippen LogP contribution in [0.1, 0.15) is 9.67 Å². The molecule has 1 aromatic heterocycles. The summed E-state index contributed by atoms with van der Waals surface area (Å²) in [6.07, 6.45) is 0. The third-order valence-corrected chi connectivity index (χ3v) is 4.94. The van der Waals surface area contributed by atoms with Crippen LogP contribution in [0.5, 0.6) is 0 Å². The number of nitro groups is 1. The van der Waals surface area contributed by atoms with Crippen molar-refractivity contribution in [1.82, 2.24) is 4.90 Å². The van der Waals surface area contributed by atoms with Crippen molar-refractivity contribution in [2.45, 2.75) is 0 Å². The molecule has 1 amide bonds. The largest absolute Gasteiger partial charge is 0.361 e. The van der Waals surface area contributed by atoms with Gasteiger partial charge in [0.1, 0.15) is 5.69 Å². The Kier molecular flexibility index (Phi) is 4.49. The molecule has 23 heavy (non-hydrogen) atoms. The molecule has 1 saturated heterocycles. The van der Waals surface area contributed by atoms with E-state index in [0.29, 0.717) is 41.8 Å². The van der Waals surface area contributed by atoms with Gasteiger partial charge in [0.15, 0.2) is 0 Å². The van der Waals surface area contributed by atoms with Gasteiger partial charge in [0.05, 0.1) is 14.8 Å². The third kappa shape index (κ3) is 3.16. The lowest BCUT2D eigenvalue weighted by Crippen LogP contribution is -2.48. The predicted molar refractivity (Wildman–Crippen MR) is 90.5 cm³/mol. The zero-order valence-corrected chi connectivity index (χ0v) is 13.7. The van der Waals surface area contributed by atoms with E-state index in [1.165, 1.54) is 17.4 Å². The van der Waals surface area contributed by atoms with E-state index in [-0.39, 0.29) is 11.6 Å². The van der Waals surface area contributed by atoms with Crippen LogP contribution < -0.4 is 4.90 Å². The number of anilines is 1. The second kappa shape index (κ2) is 6.55. The Hall–Kier alpha value is -2.12. The highest BCUT2D eigenvalue weighted by molar-refractivity contribution is 7.12. The van der Waals surface area contributed by atoms with E-state index in [4.69, 9.17) is 11.6 Å². The van der Waals surface area contributed by atoms with Gasteiger partial charge in [0.2, 0.25) is 0 Å². The number of hydrogen-bond acceptors (Lipinski definition) is 5. The first-order valence-electron chi connectivity index (χ1n) is 7.08. The fraction of sp³-hybridized carbons (Fsp3) is 0.267. The maximum Gasteiger partial charge on any atom is 0.294 e. The number of amides is 1. The second-order valence-corrected chi connectivity index (χ2v) is 6.48. The molecule has 0 aliphatic carbocycles. The zero-order valence-electron chi connectivity index (χ0n) is 12.1. The molecule has 1 aromatic carbocycles. The number of nitro benzene ring substituents is 1. The molecule has 1 aliphatic heterocycles. The number of nitrogens with zero attached hydrogens (tertiary/aromatic N) is 3. The van der Waals surface area contributed by atoms with Crippen LogP contribution in [0.25, 0.3) is 0 Å². The lowest BCUT2D eigenvalue weighted by atomic mass is 10.2. The number of carbonyl (C=O) groups is 1. The molecule has 2 heterocycles. The van der Waals surface area contributed by atoms with E-state index in [9.17, 15) is 14.9 Å². The zero-order chi connectivity index (χ0) is 16.4. The van der Waals surface area contributed by atoms with Gasteiger partial charge in [-0.15, -0.1) is 11.3 Å². The predicted octanol–water partition coefficient (Wildman–Crippen LogP) is 3.27. The maximum absolute atomic E-state index is 12.3. The number of carbonyl (C=O) groups excluding carboxylic acids is 1. The van der Waals surface area contributed by atoms with Gasteiger partial charge >= 0.3 is 0 Å². The smallest absolute Gasteiger partial charge is 0.294 e. The van der Waals surface area contributed by atoms with Crippen LogP contribution in [0.4, 0.5) is 11.4 Å². The molecule has 120 valence electrons. The molecule has 0 bridgehead atoms. The highest BCUT2D eigenvalue weighted by atomic mass is 35.5. The van der Waals surface area contributed by atoms with Gasteiger partial charge in [-0.1, -0.05) is 23.7 Å². The van der Waals surface area contributed by atoms with Crippen molar-refractivity contribution in [3.05, 3.63) is 55.7 Å². The van der Waals surface area contributed by atoms with Crippen LogP contribution >= 0.6 is 22.9 Å². The fourth-order valence-electron chi connectivity index (χ4n) is 2.65. The summed E-state index contributed by atoms with van der Waals surface area (Å²) in [6, 6.07) is 8.32. The Morgan fingerprint density at radius 1 is 1.17 bits per heavy atom. The van der Waals surface area contributed by atoms with Crippen molar-refractivity contribution < 1.29 is 9.72 Å². The summed E-state index contributed by atoms with van der Waals surface area (Å²) in [5.74, 6) is 0.00769. The first kappa shape index (κ1) is 15.8. The van der Waals surface area contributed by atoms with E-state index in [1.807, 2.05) is 16.3 Å². The van der Waals surface area contributed by atoms with Gasteiger partial charge in [-0.25, -0.2) is 0 Å². The number of para-hydroxylation sites is 1. The molecule has 0 saturated carbocycles. The Labute approximate surface area is 142 Å². The normalized spacial score (nSPS) is 14.8. The minimum atomic E-state index is -0.426. The van der Waals surface area contributed by atoms with E-state index < -0.39 is 4.92 Å². The summed E-state index contributed by atoms with van der Waals surface area (Å²) in [6.45, 7) is 2.06. The lowest BCUT2D eigenvalue weighted by molar-refractivity contribution is -0.384. The SMILES string of the molecule is O=C(c1cccs1)N1CCN(c2c(Cl)cccc2[N+](=O)[O-])CC1. The maximum atomic E-state index is 12.3. The van der Waals surface area contributed by atoms with E-state index in [1.54, 1.807) is 23.1 Å². The summed E-state index contributed by atoms with van der Waals surface area (Å²) in [7, 11) is 0.